The van der Waals surface area contributed by atoms with E-state index >= 15 is 0 Å². The van der Waals surface area contributed by atoms with Crippen molar-refractivity contribution in [2.75, 3.05) is 13.2 Å². The van der Waals surface area contributed by atoms with Crippen molar-refractivity contribution in [1.29, 1.82) is 0 Å². The Bertz CT molecular complexity index is 582. The van der Waals surface area contributed by atoms with E-state index in [9.17, 15) is 9.46 Å². The molecule has 2 unspecified atom stereocenters. The molecule has 0 bridgehead atoms. The smallest absolute Gasteiger partial charge is 0.361 e. The van der Waals surface area contributed by atoms with E-state index in [1.807, 2.05) is 0 Å². The van der Waals surface area contributed by atoms with Crippen LogP contribution in [0.1, 0.15) is 0 Å². The Labute approximate surface area is 103 Å². The minimum Gasteiger partial charge on any atom is -0.394 e. The molecular formula is C11H14NO5P. The number of nitrogens with one attached hydrogen (secondary N) is 1. The Morgan fingerprint density at radius 1 is 1.39 bits per heavy atom. The van der Waals surface area contributed by atoms with E-state index in [4.69, 9.17) is 14.7 Å². The number of aliphatic hydroxyl groups is 2. The molecule has 0 amide bonds. The van der Waals surface area contributed by atoms with Crippen LogP contribution in [0, 0.1) is 0 Å². The monoisotopic (exact) mass is 271 g/mol. The molecule has 0 aliphatic rings. The van der Waals surface area contributed by atoms with Crippen molar-refractivity contribution >= 4 is 23.8 Å². The first kappa shape index (κ1) is 13.3. The van der Waals surface area contributed by atoms with Gasteiger partial charge in [-0.2, -0.15) is 0 Å². The summed E-state index contributed by atoms with van der Waals surface area (Å²) in [5.74, 6) is 0. The predicted molar refractivity (Wildman–Crippen MR) is 66.8 cm³/mol. The zero-order valence-corrected chi connectivity index (χ0v) is 10.4. The number of aromatic amines is 1. The molecule has 4 N–H and O–H groups in total. The first-order valence-corrected chi connectivity index (χ1v) is 6.95. The molecule has 0 aliphatic heterocycles. The summed E-state index contributed by atoms with van der Waals surface area (Å²) in [6.45, 7) is -0.919. The normalized spacial score (nSPS) is 16.6. The Morgan fingerprint density at radius 3 is 2.83 bits per heavy atom. The fraction of sp³-hybridized carbons (Fsp3) is 0.273. The number of hydrogen-bond donors (Lipinski definition) is 4. The Balaban J connectivity index is 2.26. The number of para-hydroxylation sites is 1. The van der Waals surface area contributed by atoms with Crippen LogP contribution in [0.4, 0.5) is 0 Å². The molecular weight excluding hydrogens is 257 g/mol. The van der Waals surface area contributed by atoms with Crippen LogP contribution in [0.5, 0.6) is 0 Å². The molecule has 0 spiro atoms. The van der Waals surface area contributed by atoms with Crippen molar-refractivity contribution in [3.8, 4) is 0 Å². The molecule has 1 aromatic carbocycles. The van der Waals surface area contributed by atoms with Crippen molar-refractivity contribution in [3.05, 3.63) is 30.5 Å². The van der Waals surface area contributed by atoms with Crippen molar-refractivity contribution in [1.82, 2.24) is 4.98 Å². The molecule has 0 aliphatic carbocycles. The van der Waals surface area contributed by atoms with E-state index in [0.29, 0.717) is 5.39 Å². The van der Waals surface area contributed by atoms with Gasteiger partial charge in [-0.05, 0) is 6.07 Å². The minimum absolute atomic E-state index is 0.156. The fourth-order valence-electron chi connectivity index (χ4n) is 1.60. The molecule has 6 nitrogen and oxygen atoms in total. The highest BCUT2D eigenvalue weighted by atomic mass is 31.2. The summed E-state index contributed by atoms with van der Waals surface area (Å²) in [5.41, 5.74) is 0.730. The lowest BCUT2D eigenvalue weighted by Gasteiger charge is -2.13. The average Bonchev–Trinajstić information content (AvgIpc) is 2.80. The third-order valence-corrected chi connectivity index (χ3v) is 4.00. The second kappa shape index (κ2) is 5.22. The highest BCUT2D eigenvalue weighted by Gasteiger charge is 2.27. The summed E-state index contributed by atoms with van der Waals surface area (Å²) < 4.78 is 16.8. The summed E-state index contributed by atoms with van der Waals surface area (Å²) >= 11 is 0. The molecule has 0 saturated carbocycles. The number of aromatic nitrogens is 1. The predicted octanol–water partition coefficient (Wildman–Crippen LogP) is 0.348. The summed E-state index contributed by atoms with van der Waals surface area (Å²) in [6.07, 6.45) is 0.243. The van der Waals surface area contributed by atoms with Crippen LogP contribution in [0.3, 0.4) is 0 Å². The standard InChI is InChI=1S/C11H14NO5P/c13-6-8(14)7-17-18(15,16)11-5-12-10-4-2-1-3-9(10)11/h1-5,8,12-14H,6-7H2,(H,15,16). The number of benzene rings is 1. The quantitative estimate of drug-likeness (QED) is 0.587. The summed E-state index contributed by atoms with van der Waals surface area (Å²) in [5, 5.41) is 18.5. The maximum absolute atomic E-state index is 12.0. The molecule has 18 heavy (non-hydrogen) atoms. The molecule has 0 radical (unpaired) electrons. The summed E-state index contributed by atoms with van der Waals surface area (Å²) in [6, 6.07) is 7.04. The van der Waals surface area contributed by atoms with Crippen LogP contribution < -0.4 is 5.30 Å². The van der Waals surface area contributed by atoms with Gasteiger partial charge >= 0.3 is 7.60 Å². The highest BCUT2D eigenvalue weighted by molar-refractivity contribution is 7.61. The Hall–Kier alpha value is -1.17. The summed E-state index contributed by atoms with van der Waals surface area (Å²) in [4.78, 5) is 12.7. The van der Waals surface area contributed by atoms with Crippen LogP contribution >= 0.6 is 7.60 Å². The van der Waals surface area contributed by atoms with Gasteiger partial charge in [0.2, 0.25) is 0 Å². The van der Waals surface area contributed by atoms with Gasteiger partial charge in [-0.1, -0.05) is 18.2 Å². The van der Waals surface area contributed by atoms with Gasteiger partial charge in [0.15, 0.2) is 0 Å². The topological polar surface area (TPSA) is 103 Å². The zero-order chi connectivity index (χ0) is 13.2. The van der Waals surface area contributed by atoms with Gasteiger partial charge in [0.05, 0.1) is 18.5 Å². The molecule has 2 atom stereocenters. The highest BCUT2D eigenvalue weighted by Crippen LogP contribution is 2.42. The lowest BCUT2D eigenvalue weighted by molar-refractivity contribution is 0.0508. The van der Waals surface area contributed by atoms with E-state index in [1.54, 1.807) is 24.3 Å². The molecule has 2 rings (SSSR count). The van der Waals surface area contributed by atoms with Crippen molar-refractivity contribution in [2.45, 2.75) is 6.10 Å². The van der Waals surface area contributed by atoms with Gasteiger partial charge in [0.25, 0.3) is 0 Å². The van der Waals surface area contributed by atoms with Gasteiger partial charge in [0.1, 0.15) is 6.10 Å². The third kappa shape index (κ3) is 2.63. The van der Waals surface area contributed by atoms with E-state index in [-0.39, 0.29) is 5.30 Å². The maximum atomic E-state index is 12.0. The van der Waals surface area contributed by atoms with Gasteiger partial charge in [0, 0.05) is 17.1 Å². The number of H-pyrrole nitrogens is 1. The molecule has 7 heteroatoms. The Kier molecular flexibility index (Phi) is 3.85. The fourth-order valence-corrected chi connectivity index (χ4v) is 2.84. The Morgan fingerprint density at radius 2 is 2.11 bits per heavy atom. The van der Waals surface area contributed by atoms with E-state index < -0.39 is 26.9 Å². The van der Waals surface area contributed by atoms with Crippen LogP contribution in [-0.2, 0) is 9.09 Å². The number of fused-ring (bicyclic) bond motifs is 1. The zero-order valence-electron chi connectivity index (χ0n) is 9.48. The van der Waals surface area contributed by atoms with Crippen molar-refractivity contribution in [2.24, 2.45) is 0 Å². The largest absolute Gasteiger partial charge is 0.394 e. The van der Waals surface area contributed by atoms with E-state index in [0.717, 1.165) is 5.52 Å². The van der Waals surface area contributed by atoms with Gasteiger partial charge in [-0.25, -0.2) is 0 Å². The first-order chi connectivity index (χ1) is 8.54. The van der Waals surface area contributed by atoms with Crippen molar-refractivity contribution in [3.63, 3.8) is 0 Å². The van der Waals surface area contributed by atoms with E-state index in [1.165, 1.54) is 6.20 Å². The number of hydrogen-bond acceptors (Lipinski definition) is 4. The van der Waals surface area contributed by atoms with E-state index in [2.05, 4.69) is 4.98 Å². The number of aliphatic hydroxyl groups excluding tert-OH is 2. The molecule has 0 fully saturated rings. The maximum Gasteiger partial charge on any atom is 0.361 e. The third-order valence-electron chi connectivity index (χ3n) is 2.52. The van der Waals surface area contributed by atoms with Crippen LogP contribution in [0.25, 0.3) is 10.9 Å². The summed E-state index contributed by atoms with van der Waals surface area (Å²) in [7, 11) is -4.01. The van der Waals surface area contributed by atoms with Crippen LogP contribution in [0.15, 0.2) is 30.5 Å². The van der Waals surface area contributed by atoms with Gasteiger partial charge < -0.3 is 24.6 Å². The van der Waals surface area contributed by atoms with Gasteiger partial charge in [-0.15, -0.1) is 0 Å². The SMILES string of the molecule is O=P(O)(OCC(O)CO)c1c[nH]c2ccccc12. The lowest BCUT2D eigenvalue weighted by atomic mass is 10.2. The second-order valence-electron chi connectivity index (χ2n) is 3.87. The molecule has 1 heterocycles. The number of rotatable bonds is 5. The molecule has 2 aromatic rings. The van der Waals surface area contributed by atoms with Crippen LogP contribution in [-0.4, -0.2) is 39.4 Å². The first-order valence-electron chi connectivity index (χ1n) is 5.37. The molecule has 1 aromatic heterocycles. The minimum atomic E-state index is -4.01. The molecule has 98 valence electrons. The average molecular weight is 271 g/mol. The van der Waals surface area contributed by atoms with Crippen LogP contribution in [0.2, 0.25) is 0 Å². The molecule has 0 saturated heterocycles. The second-order valence-corrected chi connectivity index (χ2v) is 5.65. The van der Waals surface area contributed by atoms with Gasteiger partial charge in [-0.3, -0.25) is 4.57 Å². The lowest BCUT2D eigenvalue weighted by Crippen LogP contribution is -2.20. The van der Waals surface area contributed by atoms with Crippen molar-refractivity contribution < 1.29 is 24.2 Å².